The third-order valence-electron chi connectivity index (χ3n) is 5.61. The van der Waals surface area contributed by atoms with E-state index in [1.165, 1.54) is 61.3 Å². The average Bonchev–Trinajstić information content (AvgIpc) is 3.35. The number of nitrogens with one attached hydrogen (secondary N) is 2. The number of methoxy groups -OCH3 is 1. The topological polar surface area (TPSA) is 125 Å². The maximum atomic E-state index is 15.2. The number of hydrogen-bond acceptors (Lipinski definition) is 8. The maximum Gasteiger partial charge on any atom is 0.275 e. The third-order valence-corrected chi connectivity index (χ3v) is 5.61. The zero-order valence-corrected chi connectivity index (χ0v) is 20.6. The predicted octanol–water partition coefficient (Wildman–Crippen LogP) is 3.51. The molecule has 0 unspecified atom stereocenters. The zero-order valence-electron chi connectivity index (χ0n) is 20.6. The number of hydroxylamine groups is 1. The van der Waals surface area contributed by atoms with Gasteiger partial charge in [0, 0.05) is 30.1 Å². The molecule has 0 spiro atoms. The third kappa shape index (κ3) is 5.39. The van der Waals surface area contributed by atoms with Gasteiger partial charge in [0.2, 0.25) is 5.82 Å². The van der Waals surface area contributed by atoms with Gasteiger partial charge < -0.3 is 20.5 Å². The van der Waals surface area contributed by atoms with Crippen LogP contribution in [0.4, 0.5) is 24.7 Å². The first-order valence-corrected chi connectivity index (χ1v) is 11.5. The molecule has 4 N–H and O–H groups in total. The number of carbonyl (C=O) groups excluding carboxylic acids is 1. The average molecular weight is 531 g/mol. The number of benzene rings is 2. The minimum atomic E-state index is -1.13. The van der Waals surface area contributed by atoms with E-state index < -0.39 is 23.4 Å². The standard InChI is InChI=1S/C25H25F3N6O4/c1-14-15(25(35)33-38-12-11-37-10-7-29)3-5-17(20(14)26)32-23-24-31-13-18(34(24)9-8-30-23)16-4-6-19(36-2)22(28)21(16)27/h3-6,8-9,13H,7,10-12,29H2,1-2H3,(H,30,32)(H,33,35). The summed E-state index contributed by atoms with van der Waals surface area (Å²) in [5.74, 6) is -3.61. The van der Waals surface area contributed by atoms with Crippen molar-refractivity contribution in [1.29, 1.82) is 0 Å². The normalized spacial score (nSPS) is 11.1. The number of nitrogens with zero attached hydrogens (tertiary/aromatic N) is 3. The number of aromatic nitrogens is 3. The van der Waals surface area contributed by atoms with Crippen molar-refractivity contribution in [3.05, 3.63) is 71.4 Å². The van der Waals surface area contributed by atoms with Gasteiger partial charge in [-0.25, -0.2) is 24.2 Å². The monoisotopic (exact) mass is 530 g/mol. The van der Waals surface area contributed by atoms with Crippen LogP contribution in [0.1, 0.15) is 15.9 Å². The van der Waals surface area contributed by atoms with Gasteiger partial charge in [-0.15, -0.1) is 0 Å². The Kier molecular flexibility index (Phi) is 8.41. The molecule has 2 heterocycles. The molecule has 0 radical (unpaired) electrons. The highest BCUT2D eigenvalue weighted by Gasteiger charge is 2.20. The van der Waals surface area contributed by atoms with E-state index in [-0.39, 0.29) is 58.5 Å². The second-order valence-corrected chi connectivity index (χ2v) is 7.96. The molecule has 38 heavy (non-hydrogen) atoms. The molecule has 2 aromatic heterocycles. The summed E-state index contributed by atoms with van der Waals surface area (Å²) < 4.78 is 55.6. The lowest BCUT2D eigenvalue weighted by Crippen LogP contribution is -2.27. The first kappa shape index (κ1) is 26.9. The summed E-state index contributed by atoms with van der Waals surface area (Å²) >= 11 is 0. The smallest absolute Gasteiger partial charge is 0.275 e. The minimum absolute atomic E-state index is 0.0296. The van der Waals surface area contributed by atoms with Gasteiger partial charge in [-0.1, -0.05) is 0 Å². The van der Waals surface area contributed by atoms with Crippen molar-refractivity contribution in [3.8, 4) is 17.0 Å². The lowest BCUT2D eigenvalue weighted by molar-refractivity contribution is 0.000732. The highest BCUT2D eigenvalue weighted by Crippen LogP contribution is 2.32. The van der Waals surface area contributed by atoms with Gasteiger partial charge in [-0.05, 0) is 36.8 Å². The largest absolute Gasteiger partial charge is 0.494 e. The van der Waals surface area contributed by atoms with E-state index >= 15 is 4.39 Å². The number of fused-ring (bicyclic) bond motifs is 1. The molecular weight excluding hydrogens is 505 g/mol. The van der Waals surface area contributed by atoms with Gasteiger partial charge in [-0.3, -0.25) is 14.0 Å². The molecule has 0 bridgehead atoms. The Labute approximate surface area is 215 Å². The van der Waals surface area contributed by atoms with Crippen LogP contribution in [0.15, 0.2) is 42.9 Å². The van der Waals surface area contributed by atoms with Crippen LogP contribution in [0.3, 0.4) is 0 Å². The van der Waals surface area contributed by atoms with E-state index in [9.17, 15) is 13.6 Å². The Morgan fingerprint density at radius 1 is 1.05 bits per heavy atom. The fourth-order valence-electron chi connectivity index (χ4n) is 3.71. The van der Waals surface area contributed by atoms with Crippen molar-refractivity contribution in [3.63, 3.8) is 0 Å². The number of carbonyl (C=O) groups is 1. The molecular formula is C25H25F3N6O4. The summed E-state index contributed by atoms with van der Waals surface area (Å²) in [6.07, 6.45) is 4.27. The van der Waals surface area contributed by atoms with Crippen molar-refractivity contribution in [1.82, 2.24) is 19.8 Å². The lowest BCUT2D eigenvalue weighted by atomic mass is 10.1. The molecule has 2 aromatic carbocycles. The molecule has 0 saturated carbocycles. The highest BCUT2D eigenvalue weighted by atomic mass is 19.2. The first-order valence-electron chi connectivity index (χ1n) is 11.5. The summed E-state index contributed by atoms with van der Waals surface area (Å²) in [7, 11) is 1.24. The summed E-state index contributed by atoms with van der Waals surface area (Å²) in [4.78, 5) is 25.9. The van der Waals surface area contributed by atoms with Crippen LogP contribution in [0.5, 0.6) is 5.75 Å². The SMILES string of the molecule is COc1ccc(-c2cnc3c(Nc4ccc(C(=O)NOCCOCCN)c(C)c4F)nccn23)c(F)c1F. The molecule has 4 aromatic rings. The van der Waals surface area contributed by atoms with Gasteiger partial charge in [0.1, 0.15) is 5.82 Å². The van der Waals surface area contributed by atoms with Crippen molar-refractivity contribution in [2.45, 2.75) is 6.92 Å². The lowest BCUT2D eigenvalue weighted by Gasteiger charge is -2.13. The van der Waals surface area contributed by atoms with Crippen LogP contribution < -0.4 is 21.3 Å². The number of halogens is 3. The van der Waals surface area contributed by atoms with Gasteiger partial charge in [0.05, 0.1) is 44.5 Å². The van der Waals surface area contributed by atoms with Gasteiger partial charge in [-0.2, -0.15) is 4.39 Å². The molecule has 13 heteroatoms. The second kappa shape index (κ2) is 11.9. The molecule has 200 valence electrons. The Balaban J connectivity index is 1.55. The second-order valence-electron chi connectivity index (χ2n) is 7.96. The van der Waals surface area contributed by atoms with Crippen LogP contribution in [-0.4, -0.2) is 53.8 Å². The van der Waals surface area contributed by atoms with E-state index in [1.807, 2.05) is 0 Å². The fraction of sp³-hybridized carbons (Fsp3) is 0.240. The predicted molar refractivity (Wildman–Crippen MR) is 133 cm³/mol. The summed E-state index contributed by atoms with van der Waals surface area (Å²) in [5.41, 5.74) is 8.18. The first-order chi connectivity index (χ1) is 18.4. The number of imidazole rings is 1. The molecule has 0 aliphatic carbocycles. The van der Waals surface area contributed by atoms with E-state index in [2.05, 4.69) is 20.8 Å². The number of anilines is 2. The summed E-state index contributed by atoms with van der Waals surface area (Å²) in [6, 6.07) is 5.48. The van der Waals surface area contributed by atoms with Crippen LogP contribution >= 0.6 is 0 Å². The van der Waals surface area contributed by atoms with Crippen LogP contribution in [0.25, 0.3) is 16.9 Å². The molecule has 0 atom stereocenters. The summed E-state index contributed by atoms with van der Waals surface area (Å²) in [5, 5.41) is 2.86. The maximum absolute atomic E-state index is 15.2. The van der Waals surface area contributed by atoms with Crippen molar-refractivity contribution >= 4 is 23.1 Å². The number of rotatable bonds is 11. The van der Waals surface area contributed by atoms with Crippen LogP contribution in [0, 0.1) is 24.4 Å². The summed E-state index contributed by atoms with van der Waals surface area (Å²) in [6.45, 7) is 2.53. The molecule has 0 aliphatic heterocycles. The molecule has 1 amide bonds. The Bertz CT molecular complexity index is 1460. The van der Waals surface area contributed by atoms with E-state index in [4.69, 9.17) is 20.0 Å². The van der Waals surface area contributed by atoms with Crippen molar-refractivity contribution in [2.75, 3.05) is 38.8 Å². The Hall–Kier alpha value is -4.20. The Morgan fingerprint density at radius 2 is 1.87 bits per heavy atom. The number of amides is 1. The Morgan fingerprint density at radius 3 is 2.63 bits per heavy atom. The quantitative estimate of drug-likeness (QED) is 0.199. The number of hydrogen-bond donors (Lipinski definition) is 3. The molecule has 4 rings (SSSR count). The van der Waals surface area contributed by atoms with Crippen LogP contribution in [-0.2, 0) is 9.57 Å². The number of nitrogens with two attached hydrogens (primary N) is 1. The van der Waals surface area contributed by atoms with Crippen molar-refractivity contribution < 1.29 is 32.3 Å². The minimum Gasteiger partial charge on any atom is -0.494 e. The van der Waals surface area contributed by atoms with Crippen LogP contribution in [0.2, 0.25) is 0 Å². The van der Waals surface area contributed by atoms with E-state index in [0.717, 1.165) is 0 Å². The molecule has 10 nitrogen and oxygen atoms in total. The molecule has 0 saturated heterocycles. The highest BCUT2D eigenvalue weighted by molar-refractivity contribution is 5.95. The molecule has 0 fully saturated rings. The fourth-order valence-corrected chi connectivity index (χ4v) is 3.71. The van der Waals surface area contributed by atoms with E-state index in [0.29, 0.717) is 13.2 Å². The molecule has 0 aliphatic rings. The van der Waals surface area contributed by atoms with Gasteiger partial charge >= 0.3 is 0 Å². The van der Waals surface area contributed by atoms with Crippen molar-refractivity contribution in [2.24, 2.45) is 5.73 Å². The van der Waals surface area contributed by atoms with E-state index in [1.54, 1.807) is 0 Å². The number of ether oxygens (including phenoxy) is 2. The zero-order chi connectivity index (χ0) is 27.2. The van der Waals surface area contributed by atoms with Gasteiger partial charge in [0.25, 0.3) is 5.91 Å². The van der Waals surface area contributed by atoms with Gasteiger partial charge in [0.15, 0.2) is 23.0 Å².